The van der Waals surface area contributed by atoms with Crippen LogP contribution in [0.2, 0.25) is 0 Å². The second kappa shape index (κ2) is 8.59. The molecule has 0 saturated heterocycles. The fourth-order valence-corrected chi connectivity index (χ4v) is 5.30. The van der Waals surface area contributed by atoms with Crippen LogP contribution >= 0.6 is 11.8 Å². The summed E-state index contributed by atoms with van der Waals surface area (Å²) < 4.78 is 10.3. The van der Waals surface area contributed by atoms with Gasteiger partial charge in [-0.15, -0.1) is 0 Å². The van der Waals surface area contributed by atoms with E-state index in [1.54, 1.807) is 20.2 Å². The van der Waals surface area contributed by atoms with Crippen LogP contribution in [0.5, 0.6) is 5.75 Å². The Kier molecular flexibility index (Phi) is 6.33. The van der Waals surface area contributed by atoms with Gasteiger partial charge in [0, 0.05) is 23.4 Å². The van der Waals surface area contributed by atoms with Gasteiger partial charge in [-0.25, -0.2) is 0 Å². The topological polar surface area (TPSA) is 102 Å². The Morgan fingerprint density at radius 1 is 1.38 bits per heavy atom. The Balaban J connectivity index is 1.88. The van der Waals surface area contributed by atoms with Crippen molar-refractivity contribution in [1.29, 1.82) is 0 Å². The molecular weight excluding hydrogens is 394 g/mol. The van der Waals surface area contributed by atoms with Crippen LogP contribution in [0.1, 0.15) is 25.8 Å². The summed E-state index contributed by atoms with van der Waals surface area (Å²) in [5, 5.41) is 13.5. The van der Waals surface area contributed by atoms with Crippen molar-refractivity contribution in [3.05, 3.63) is 36.0 Å². The summed E-state index contributed by atoms with van der Waals surface area (Å²) >= 11 is 1.42. The minimum atomic E-state index is -1.52. The Morgan fingerprint density at radius 3 is 2.66 bits per heavy atom. The monoisotopic (exact) mass is 419 g/mol. The van der Waals surface area contributed by atoms with Gasteiger partial charge in [0.2, 0.25) is 0 Å². The predicted octanol–water partition coefficient (Wildman–Crippen LogP) is 1.99. The third kappa shape index (κ3) is 4.18. The first-order chi connectivity index (χ1) is 13.8. The number of ketones is 1. The number of benzene rings is 1. The molecule has 8 heteroatoms. The number of thioether (sulfide) groups is 1. The first-order valence-corrected chi connectivity index (χ1v) is 10.3. The molecule has 2 aliphatic rings. The highest BCUT2D eigenvalue weighted by Crippen LogP contribution is 2.47. The van der Waals surface area contributed by atoms with E-state index in [0.29, 0.717) is 6.29 Å². The number of hydrogen-bond acceptors (Lipinski definition) is 8. The van der Waals surface area contributed by atoms with Crippen molar-refractivity contribution in [3.63, 3.8) is 0 Å². The lowest BCUT2D eigenvalue weighted by molar-refractivity contribution is -0.165. The van der Waals surface area contributed by atoms with Crippen LogP contribution in [0.3, 0.4) is 0 Å². The number of esters is 1. The third-order valence-electron chi connectivity index (χ3n) is 5.44. The number of rotatable bonds is 6. The number of nitrogens with one attached hydrogen (secondary N) is 1. The zero-order valence-electron chi connectivity index (χ0n) is 16.6. The Hall–Kier alpha value is -2.32. The average Bonchev–Trinajstić information content (AvgIpc) is 3.16. The molecule has 7 nitrogen and oxygen atoms in total. The lowest BCUT2D eigenvalue weighted by Gasteiger charge is -2.44. The van der Waals surface area contributed by atoms with Crippen LogP contribution in [0.4, 0.5) is 0 Å². The van der Waals surface area contributed by atoms with Crippen molar-refractivity contribution in [2.75, 3.05) is 13.7 Å². The largest absolute Gasteiger partial charge is 0.497 e. The van der Waals surface area contributed by atoms with Crippen LogP contribution in [-0.2, 0) is 19.1 Å². The summed E-state index contributed by atoms with van der Waals surface area (Å²) in [6, 6.07) is 7.50. The molecule has 0 radical (unpaired) electrons. The molecule has 1 aromatic carbocycles. The van der Waals surface area contributed by atoms with Crippen molar-refractivity contribution in [3.8, 4) is 5.75 Å². The first-order valence-electron chi connectivity index (χ1n) is 9.46. The van der Waals surface area contributed by atoms with E-state index in [9.17, 15) is 19.5 Å². The van der Waals surface area contributed by atoms with Crippen molar-refractivity contribution >= 4 is 34.7 Å². The molecule has 5 unspecified atom stereocenters. The zero-order chi connectivity index (χ0) is 21.2. The van der Waals surface area contributed by atoms with E-state index in [1.165, 1.54) is 18.7 Å². The van der Waals surface area contributed by atoms with Gasteiger partial charge in [0.05, 0.1) is 30.6 Å². The number of carbonyl (C=O) groups excluding carboxylic acids is 3. The Morgan fingerprint density at radius 2 is 2.07 bits per heavy atom. The van der Waals surface area contributed by atoms with E-state index in [-0.39, 0.29) is 13.0 Å². The predicted molar refractivity (Wildman–Crippen MR) is 109 cm³/mol. The van der Waals surface area contributed by atoms with Gasteiger partial charge in [0.25, 0.3) is 0 Å². The Bertz CT molecular complexity index is 819. The van der Waals surface area contributed by atoms with Crippen molar-refractivity contribution < 1.29 is 29.0 Å². The van der Waals surface area contributed by atoms with Gasteiger partial charge in [-0.2, -0.15) is 0 Å². The molecule has 0 aromatic heterocycles. The highest BCUT2D eigenvalue weighted by Gasteiger charge is 2.56. The maximum absolute atomic E-state index is 12.7. The van der Waals surface area contributed by atoms with Crippen LogP contribution in [0.25, 0.3) is 4.91 Å². The molecule has 1 saturated carbocycles. The van der Waals surface area contributed by atoms with Gasteiger partial charge in [0.15, 0.2) is 0 Å². The molecule has 2 N–H and O–H groups in total. The Labute approximate surface area is 173 Å². The van der Waals surface area contributed by atoms with Crippen LogP contribution < -0.4 is 10.1 Å². The standard InChI is InChI=1S/C21H25NO6S/c1-4-28-20(25)18-15(24)9-21(2,26)14(11-23)17(18)19-22-10-16(29-19)12-5-7-13(27-3)8-6-12/h5-8,10-11,14,17-19,22,26H,4,9H2,1-3H3. The zero-order valence-corrected chi connectivity index (χ0v) is 17.4. The number of carbonyl (C=O) groups is 3. The summed E-state index contributed by atoms with van der Waals surface area (Å²) in [4.78, 5) is 38.1. The molecule has 156 valence electrons. The van der Waals surface area contributed by atoms with Crippen molar-refractivity contribution in [2.45, 2.75) is 31.2 Å². The second-order valence-corrected chi connectivity index (χ2v) is 8.59. The van der Waals surface area contributed by atoms with E-state index in [1.807, 2.05) is 24.3 Å². The molecule has 1 heterocycles. The van der Waals surface area contributed by atoms with Gasteiger partial charge in [0.1, 0.15) is 23.7 Å². The number of hydrogen-bond donors (Lipinski definition) is 2. The van der Waals surface area contributed by atoms with Crippen LogP contribution in [0, 0.1) is 17.8 Å². The highest BCUT2D eigenvalue weighted by atomic mass is 32.2. The molecule has 1 aliphatic carbocycles. The van der Waals surface area contributed by atoms with E-state index in [2.05, 4.69) is 5.32 Å². The third-order valence-corrected chi connectivity index (χ3v) is 6.75. The number of Topliss-reactive ketones (excluding diaryl/α,β-unsaturated/α-hetero) is 1. The summed E-state index contributed by atoms with van der Waals surface area (Å²) in [6.45, 7) is 3.27. The number of methoxy groups -OCH3 is 1. The second-order valence-electron chi connectivity index (χ2n) is 7.41. The van der Waals surface area contributed by atoms with Gasteiger partial charge in [-0.3, -0.25) is 9.59 Å². The summed E-state index contributed by atoms with van der Waals surface area (Å²) in [6.07, 6.45) is 2.19. The maximum atomic E-state index is 12.7. The number of aliphatic hydroxyl groups is 1. The van der Waals surface area contributed by atoms with Gasteiger partial charge in [-0.1, -0.05) is 23.9 Å². The summed E-state index contributed by atoms with van der Waals surface area (Å²) in [7, 11) is 1.59. The van der Waals surface area contributed by atoms with Crippen molar-refractivity contribution in [2.24, 2.45) is 17.8 Å². The summed E-state index contributed by atoms with van der Waals surface area (Å²) in [5.74, 6) is -3.04. The van der Waals surface area contributed by atoms with E-state index >= 15 is 0 Å². The molecule has 29 heavy (non-hydrogen) atoms. The first kappa shape index (κ1) is 21.4. The smallest absolute Gasteiger partial charge is 0.316 e. The van der Waals surface area contributed by atoms with Gasteiger partial charge in [-0.05, 0) is 31.5 Å². The molecule has 3 rings (SSSR count). The molecular formula is C21H25NO6S. The van der Waals surface area contributed by atoms with Crippen LogP contribution in [0.15, 0.2) is 30.5 Å². The van der Waals surface area contributed by atoms with Crippen LogP contribution in [-0.4, -0.2) is 47.8 Å². The number of aldehydes is 1. The number of ether oxygens (including phenoxy) is 2. The SMILES string of the molecule is CCOC(=O)C1C(=O)CC(C)(O)C(C=O)C1C1NC=C(c2ccc(OC)cc2)S1. The quantitative estimate of drug-likeness (QED) is 0.410. The fourth-order valence-electron chi connectivity index (χ4n) is 4.00. The average molecular weight is 419 g/mol. The van der Waals surface area contributed by atoms with Gasteiger partial charge < -0.3 is 24.7 Å². The molecule has 0 amide bonds. The molecule has 1 aliphatic heterocycles. The van der Waals surface area contributed by atoms with Gasteiger partial charge >= 0.3 is 5.97 Å². The van der Waals surface area contributed by atoms with E-state index < -0.39 is 40.5 Å². The fraction of sp³-hybridized carbons (Fsp3) is 0.476. The summed E-state index contributed by atoms with van der Waals surface area (Å²) in [5.41, 5.74) is -0.576. The lowest BCUT2D eigenvalue weighted by Crippen LogP contribution is -2.58. The lowest BCUT2D eigenvalue weighted by atomic mass is 9.64. The normalized spacial score (nSPS) is 31.6. The highest BCUT2D eigenvalue weighted by molar-refractivity contribution is 8.09. The molecule has 1 aromatic rings. The minimum absolute atomic E-state index is 0.137. The van der Waals surface area contributed by atoms with E-state index in [4.69, 9.17) is 9.47 Å². The minimum Gasteiger partial charge on any atom is -0.497 e. The molecule has 0 bridgehead atoms. The molecule has 1 fully saturated rings. The molecule has 5 atom stereocenters. The van der Waals surface area contributed by atoms with Crippen molar-refractivity contribution in [1.82, 2.24) is 5.32 Å². The van der Waals surface area contributed by atoms with E-state index in [0.717, 1.165) is 16.2 Å². The molecule has 0 spiro atoms. The maximum Gasteiger partial charge on any atom is 0.316 e.